The average molecular weight is 651 g/mol. The van der Waals surface area contributed by atoms with E-state index in [1.807, 2.05) is 41.3 Å². The number of hydrogen-bond acceptors (Lipinski definition) is 4. The molecular weight excluding hydrogens is 608 g/mol. The number of nitrogens with zero attached hydrogens (tertiary/aromatic N) is 1. The van der Waals surface area contributed by atoms with E-state index in [1.54, 1.807) is 6.07 Å². The van der Waals surface area contributed by atoms with E-state index in [1.165, 1.54) is 22.8 Å². The van der Waals surface area contributed by atoms with Crippen molar-refractivity contribution in [1.29, 1.82) is 0 Å². The molecule has 0 spiro atoms. The first kappa shape index (κ1) is 32.8. The van der Waals surface area contributed by atoms with E-state index < -0.39 is 5.91 Å². The second-order valence-electron chi connectivity index (χ2n) is 14.1. The van der Waals surface area contributed by atoms with E-state index in [4.69, 9.17) is 16.0 Å². The van der Waals surface area contributed by atoms with Crippen molar-refractivity contribution in [2.45, 2.75) is 89.6 Å². The first-order valence-corrected chi connectivity index (χ1v) is 17.1. The van der Waals surface area contributed by atoms with Crippen molar-refractivity contribution in [3.05, 3.63) is 128 Å². The van der Waals surface area contributed by atoms with E-state index in [-0.39, 0.29) is 28.6 Å². The Hall–Kier alpha value is -4.16. The zero-order chi connectivity index (χ0) is 33.1. The molecule has 1 N–H and O–H groups in total. The van der Waals surface area contributed by atoms with Gasteiger partial charge >= 0.3 is 0 Å². The standard InChI is InChI=1S/C40H43ClN2O4/c1-40(2,3)30-16-19-36-34(23-30)35(44)24-37(47-36)39(46)42-32(22-27-12-17-31(41)18-13-27)21-26-10-14-28(15-11-26)33-8-5-4-7-29(33)25-43-20-6-9-38(43)45/h4-5,7-8,12-13,16-19,21,23-24,28,32H,6,9-11,14-15,20,22,25H2,1-3H3,(H,42,46). The van der Waals surface area contributed by atoms with Crippen LogP contribution in [0.4, 0.5) is 0 Å². The van der Waals surface area contributed by atoms with Gasteiger partial charge < -0.3 is 14.6 Å². The highest BCUT2D eigenvalue weighted by Gasteiger charge is 2.26. The number of fused-ring (bicyclic) bond motifs is 1. The van der Waals surface area contributed by atoms with E-state index in [0.717, 1.165) is 49.8 Å². The Morgan fingerprint density at radius 3 is 2.45 bits per heavy atom. The van der Waals surface area contributed by atoms with Gasteiger partial charge in [-0.1, -0.05) is 86.5 Å². The summed E-state index contributed by atoms with van der Waals surface area (Å²) in [7, 11) is 0. The lowest BCUT2D eigenvalue weighted by atomic mass is 9.79. The van der Waals surface area contributed by atoms with Crippen molar-refractivity contribution in [2.24, 2.45) is 0 Å². The minimum absolute atomic E-state index is 0.00214. The van der Waals surface area contributed by atoms with Gasteiger partial charge in [0, 0.05) is 30.6 Å². The number of halogens is 1. The number of nitrogens with one attached hydrogen (secondary N) is 1. The lowest BCUT2D eigenvalue weighted by Gasteiger charge is -2.28. The number of allylic oxidation sites excluding steroid dienone is 1. The zero-order valence-corrected chi connectivity index (χ0v) is 28.2. The van der Waals surface area contributed by atoms with E-state index >= 15 is 0 Å². The van der Waals surface area contributed by atoms with E-state index in [9.17, 15) is 14.4 Å². The summed E-state index contributed by atoms with van der Waals surface area (Å²) in [6.07, 6.45) is 8.23. The number of hydrogen-bond donors (Lipinski definition) is 1. The Bertz CT molecular complexity index is 1860. The number of carbonyl (C=O) groups is 2. The molecule has 7 heteroatoms. The monoisotopic (exact) mass is 650 g/mol. The number of benzene rings is 3. The van der Waals surface area contributed by atoms with Gasteiger partial charge in [0.1, 0.15) is 5.58 Å². The molecule has 1 aliphatic heterocycles. The van der Waals surface area contributed by atoms with Crippen LogP contribution in [0.3, 0.4) is 0 Å². The van der Waals surface area contributed by atoms with Crippen LogP contribution in [0, 0.1) is 0 Å². The lowest BCUT2D eigenvalue weighted by molar-refractivity contribution is -0.128. The molecule has 2 fully saturated rings. The van der Waals surface area contributed by atoms with Crippen LogP contribution in [0.25, 0.3) is 11.0 Å². The van der Waals surface area contributed by atoms with E-state index in [2.05, 4.69) is 56.4 Å². The SMILES string of the molecule is CC(C)(C)c1ccc2oc(C(=O)NC(C=C3CCC(c4ccccc4CN4CCCC4=O)CC3)Cc3ccc(Cl)cc3)cc(=O)c2c1. The molecule has 2 heterocycles. The van der Waals surface area contributed by atoms with Crippen LogP contribution in [0.1, 0.15) is 98.0 Å². The second-order valence-corrected chi connectivity index (χ2v) is 14.5. The van der Waals surface area contributed by atoms with Gasteiger partial charge in [-0.15, -0.1) is 0 Å². The molecule has 244 valence electrons. The fourth-order valence-electron chi connectivity index (χ4n) is 6.90. The van der Waals surface area contributed by atoms with Crippen LogP contribution in [0.2, 0.25) is 5.02 Å². The third-order valence-corrected chi connectivity index (χ3v) is 9.85. The average Bonchev–Trinajstić information content (AvgIpc) is 3.45. The Balaban J connectivity index is 1.19. The molecule has 1 aromatic heterocycles. The molecule has 6 nitrogen and oxygen atoms in total. The lowest BCUT2D eigenvalue weighted by Crippen LogP contribution is -2.36. The van der Waals surface area contributed by atoms with Crippen LogP contribution in [-0.2, 0) is 23.2 Å². The van der Waals surface area contributed by atoms with Crippen LogP contribution in [0.5, 0.6) is 0 Å². The summed E-state index contributed by atoms with van der Waals surface area (Å²) in [5, 5.41) is 4.28. The largest absolute Gasteiger partial charge is 0.451 e. The fourth-order valence-corrected chi connectivity index (χ4v) is 7.03. The molecule has 6 rings (SSSR count). The molecule has 1 atom stereocenters. The van der Waals surface area contributed by atoms with Crippen LogP contribution >= 0.6 is 11.6 Å². The van der Waals surface area contributed by atoms with Crippen molar-refractivity contribution in [1.82, 2.24) is 10.2 Å². The molecule has 1 saturated heterocycles. The third kappa shape index (κ3) is 7.87. The molecule has 0 bridgehead atoms. The van der Waals surface area contributed by atoms with Gasteiger partial charge in [-0.05, 0) is 96.4 Å². The van der Waals surface area contributed by atoms with Crippen LogP contribution in [-0.4, -0.2) is 29.3 Å². The number of carbonyl (C=O) groups excluding carboxylic acids is 2. The molecule has 2 amide bonds. The summed E-state index contributed by atoms with van der Waals surface area (Å²) in [5.74, 6) is 0.261. The van der Waals surface area contributed by atoms with Crippen LogP contribution < -0.4 is 10.7 Å². The minimum Gasteiger partial charge on any atom is -0.451 e. The smallest absolute Gasteiger partial charge is 0.287 e. The minimum atomic E-state index is -0.418. The highest BCUT2D eigenvalue weighted by Crippen LogP contribution is 2.38. The van der Waals surface area contributed by atoms with Crippen molar-refractivity contribution >= 4 is 34.4 Å². The van der Waals surface area contributed by atoms with Crippen molar-refractivity contribution in [2.75, 3.05) is 6.54 Å². The van der Waals surface area contributed by atoms with Crippen molar-refractivity contribution < 1.29 is 14.0 Å². The normalized spacial score (nSPS) is 17.6. The summed E-state index contributed by atoms with van der Waals surface area (Å²) in [5.41, 5.74) is 6.03. The first-order valence-electron chi connectivity index (χ1n) is 16.7. The van der Waals surface area contributed by atoms with Gasteiger partial charge in [0.2, 0.25) is 5.91 Å². The van der Waals surface area contributed by atoms with Gasteiger partial charge in [-0.25, -0.2) is 0 Å². The fraction of sp³-hybridized carbons (Fsp3) is 0.375. The number of rotatable bonds is 8. The topological polar surface area (TPSA) is 79.6 Å². The highest BCUT2D eigenvalue weighted by atomic mass is 35.5. The molecule has 3 aromatic carbocycles. The predicted molar refractivity (Wildman–Crippen MR) is 188 cm³/mol. The quantitative estimate of drug-likeness (QED) is 0.194. The van der Waals surface area contributed by atoms with Gasteiger partial charge in [-0.2, -0.15) is 0 Å². The molecule has 0 radical (unpaired) electrons. The van der Waals surface area contributed by atoms with Crippen LogP contribution in [0.15, 0.2) is 93.7 Å². The molecule has 47 heavy (non-hydrogen) atoms. The Morgan fingerprint density at radius 2 is 1.74 bits per heavy atom. The number of amides is 2. The van der Waals surface area contributed by atoms with Gasteiger partial charge in [0.05, 0.1) is 11.4 Å². The zero-order valence-electron chi connectivity index (χ0n) is 27.5. The number of likely N-dealkylation sites (tertiary alicyclic amines) is 1. The van der Waals surface area contributed by atoms with Crippen molar-refractivity contribution in [3.8, 4) is 0 Å². The molecule has 4 aromatic rings. The first-order chi connectivity index (χ1) is 22.5. The molecule has 2 aliphatic rings. The molecule has 1 saturated carbocycles. The van der Waals surface area contributed by atoms with Crippen molar-refractivity contribution in [3.63, 3.8) is 0 Å². The maximum absolute atomic E-state index is 13.6. The van der Waals surface area contributed by atoms with E-state index in [0.29, 0.717) is 41.3 Å². The Kier molecular flexibility index (Phi) is 9.70. The molecule has 1 aliphatic carbocycles. The summed E-state index contributed by atoms with van der Waals surface area (Å²) in [6.45, 7) is 7.81. The third-order valence-electron chi connectivity index (χ3n) is 9.59. The second kappa shape index (κ2) is 13.9. The predicted octanol–water partition coefficient (Wildman–Crippen LogP) is 8.49. The Labute approximate surface area is 281 Å². The molecular formula is C40H43ClN2O4. The van der Waals surface area contributed by atoms with Gasteiger partial charge in [0.15, 0.2) is 11.2 Å². The summed E-state index contributed by atoms with van der Waals surface area (Å²) in [6, 6.07) is 22.8. The Morgan fingerprint density at radius 1 is 1.00 bits per heavy atom. The summed E-state index contributed by atoms with van der Waals surface area (Å²) < 4.78 is 5.98. The van der Waals surface area contributed by atoms with Gasteiger partial charge in [0.25, 0.3) is 5.91 Å². The highest BCUT2D eigenvalue weighted by molar-refractivity contribution is 6.30. The summed E-state index contributed by atoms with van der Waals surface area (Å²) in [4.78, 5) is 41.0. The molecule has 1 unspecified atom stereocenters. The maximum atomic E-state index is 13.6. The van der Waals surface area contributed by atoms with Gasteiger partial charge in [-0.3, -0.25) is 14.4 Å². The summed E-state index contributed by atoms with van der Waals surface area (Å²) >= 11 is 6.15. The maximum Gasteiger partial charge on any atom is 0.287 e.